The molecule has 0 aliphatic heterocycles. The lowest BCUT2D eigenvalue weighted by Crippen LogP contribution is -2.54. The van der Waals surface area contributed by atoms with Crippen LogP contribution in [0, 0.1) is 0 Å². The van der Waals surface area contributed by atoms with Crippen LogP contribution in [0.2, 0.25) is 5.02 Å². The van der Waals surface area contributed by atoms with E-state index in [-0.39, 0.29) is 17.3 Å². The molecule has 0 spiro atoms. The van der Waals surface area contributed by atoms with Crippen LogP contribution in [0.5, 0.6) is 0 Å². The fraction of sp³-hybridized carbons (Fsp3) is 0.385. The summed E-state index contributed by atoms with van der Waals surface area (Å²) in [6.07, 6.45) is 0.870. The summed E-state index contributed by atoms with van der Waals surface area (Å²) in [5.74, 6) is -0.139. The van der Waals surface area contributed by atoms with E-state index in [9.17, 15) is 4.79 Å². The summed E-state index contributed by atoms with van der Waals surface area (Å²) in [5.41, 5.74) is 5.79. The predicted molar refractivity (Wildman–Crippen MR) is 78.8 cm³/mol. The van der Waals surface area contributed by atoms with Crippen LogP contribution in [0.15, 0.2) is 24.3 Å². The van der Waals surface area contributed by atoms with Gasteiger partial charge in [-0.3, -0.25) is 4.79 Å². The van der Waals surface area contributed by atoms with Gasteiger partial charge in [-0.2, -0.15) is 0 Å². The molecular formula is C13H17ClN2OS. The summed E-state index contributed by atoms with van der Waals surface area (Å²) in [7, 11) is 0. The van der Waals surface area contributed by atoms with Crippen LogP contribution in [-0.2, 0) is 11.2 Å². The second-order valence-electron chi connectivity index (χ2n) is 4.37. The molecule has 1 aromatic rings. The van der Waals surface area contributed by atoms with E-state index in [4.69, 9.17) is 29.6 Å². The Morgan fingerprint density at radius 3 is 2.61 bits per heavy atom. The molecule has 1 rings (SSSR count). The molecule has 0 bridgehead atoms. The van der Waals surface area contributed by atoms with Crippen molar-refractivity contribution < 1.29 is 4.79 Å². The van der Waals surface area contributed by atoms with Crippen molar-refractivity contribution in [2.24, 2.45) is 5.73 Å². The van der Waals surface area contributed by atoms with Gasteiger partial charge in [-0.05, 0) is 25.0 Å². The summed E-state index contributed by atoms with van der Waals surface area (Å²) in [6, 6.07) is 7.26. The van der Waals surface area contributed by atoms with Gasteiger partial charge < -0.3 is 11.1 Å². The number of nitrogens with one attached hydrogen (secondary N) is 1. The largest absolute Gasteiger partial charge is 0.391 e. The SMILES string of the molecule is CCC(C)(NC(=O)Cc1ccccc1Cl)C(N)=S. The molecule has 0 saturated heterocycles. The van der Waals surface area contributed by atoms with Gasteiger partial charge in [0.15, 0.2) is 0 Å². The maximum atomic E-state index is 12.0. The normalized spacial score (nSPS) is 13.7. The van der Waals surface area contributed by atoms with Crippen LogP contribution in [0.1, 0.15) is 25.8 Å². The lowest BCUT2D eigenvalue weighted by molar-refractivity contribution is -0.121. The van der Waals surface area contributed by atoms with E-state index >= 15 is 0 Å². The highest BCUT2D eigenvalue weighted by molar-refractivity contribution is 7.80. The highest BCUT2D eigenvalue weighted by atomic mass is 35.5. The van der Waals surface area contributed by atoms with Gasteiger partial charge in [-0.1, -0.05) is 48.9 Å². The lowest BCUT2D eigenvalue weighted by atomic mass is 9.98. The third kappa shape index (κ3) is 3.68. The molecule has 1 atom stereocenters. The molecule has 1 amide bonds. The number of amides is 1. The minimum atomic E-state index is -0.645. The van der Waals surface area contributed by atoms with Crippen molar-refractivity contribution in [3.8, 4) is 0 Å². The van der Waals surface area contributed by atoms with E-state index < -0.39 is 5.54 Å². The Morgan fingerprint density at radius 2 is 2.11 bits per heavy atom. The van der Waals surface area contributed by atoms with Crippen molar-refractivity contribution in [1.29, 1.82) is 0 Å². The molecule has 0 aliphatic rings. The average molecular weight is 285 g/mol. The highest BCUT2D eigenvalue weighted by Crippen LogP contribution is 2.16. The number of halogens is 1. The standard InChI is InChI=1S/C13H17ClN2OS/c1-3-13(2,12(15)18)16-11(17)8-9-6-4-5-7-10(9)14/h4-7H,3,8H2,1-2H3,(H2,15,18)(H,16,17). The fourth-order valence-electron chi connectivity index (χ4n) is 1.49. The van der Waals surface area contributed by atoms with Crippen LogP contribution in [0.25, 0.3) is 0 Å². The Morgan fingerprint density at radius 1 is 1.50 bits per heavy atom. The Kier molecular flexibility index (Phi) is 5.11. The first kappa shape index (κ1) is 14.9. The van der Waals surface area contributed by atoms with E-state index in [1.807, 2.05) is 32.0 Å². The molecule has 1 aromatic carbocycles. The molecule has 3 nitrogen and oxygen atoms in total. The lowest BCUT2D eigenvalue weighted by Gasteiger charge is -2.28. The number of carbonyl (C=O) groups excluding carboxylic acids is 1. The maximum absolute atomic E-state index is 12.0. The first-order valence-electron chi connectivity index (χ1n) is 5.73. The van der Waals surface area contributed by atoms with Crippen LogP contribution in [0.4, 0.5) is 0 Å². The molecule has 5 heteroatoms. The van der Waals surface area contributed by atoms with Crippen molar-refractivity contribution in [2.75, 3.05) is 0 Å². The van der Waals surface area contributed by atoms with Crippen molar-refractivity contribution in [3.63, 3.8) is 0 Å². The molecule has 98 valence electrons. The summed E-state index contributed by atoms with van der Waals surface area (Å²) < 4.78 is 0. The number of rotatable bonds is 5. The fourth-order valence-corrected chi connectivity index (χ4v) is 1.89. The quantitative estimate of drug-likeness (QED) is 0.817. The van der Waals surface area contributed by atoms with E-state index in [0.717, 1.165) is 5.56 Å². The molecule has 0 fully saturated rings. The molecule has 0 heterocycles. The zero-order valence-electron chi connectivity index (χ0n) is 10.5. The third-order valence-electron chi connectivity index (χ3n) is 2.98. The molecule has 18 heavy (non-hydrogen) atoms. The van der Waals surface area contributed by atoms with Crippen molar-refractivity contribution in [3.05, 3.63) is 34.9 Å². The van der Waals surface area contributed by atoms with Gasteiger partial charge in [0.05, 0.1) is 16.9 Å². The first-order chi connectivity index (χ1) is 8.39. The van der Waals surface area contributed by atoms with Crippen LogP contribution in [-0.4, -0.2) is 16.4 Å². The van der Waals surface area contributed by atoms with Gasteiger partial charge in [0, 0.05) is 5.02 Å². The number of benzene rings is 1. The summed E-state index contributed by atoms with van der Waals surface area (Å²) in [5, 5.41) is 3.44. The predicted octanol–water partition coefficient (Wildman–Crippen LogP) is 2.45. The van der Waals surface area contributed by atoms with E-state index in [1.165, 1.54) is 0 Å². The van der Waals surface area contributed by atoms with Gasteiger partial charge in [0.2, 0.25) is 5.91 Å². The zero-order chi connectivity index (χ0) is 13.8. The smallest absolute Gasteiger partial charge is 0.225 e. The molecule has 0 aliphatic carbocycles. The summed E-state index contributed by atoms with van der Waals surface area (Å²) in [6.45, 7) is 3.74. The topological polar surface area (TPSA) is 55.1 Å². The molecule has 3 N–H and O–H groups in total. The Hall–Kier alpha value is -1.13. The second-order valence-corrected chi connectivity index (χ2v) is 5.21. The summed E-state index contributed by atoms with van der Waals surface area (Å²) >= 11 is 11.0. The van der Waals surface area contributed by atoms with Crippen LogP contribution in [0.3, 0.4) is 0 Å². The van der Waals surface area contributed by atoms with E-state index in [2.05, 4.69) is 5.32 Å². The number of nitrogens with two attached hydrogens (primary N) is 1. The second kappa shape index (κ2) is 6.16. The van der Waals surface area contributed by atoms with Gasteiger partial charge in [-0.15, -0.1) is 0 Å². The van der Waals surface area contributed by atoms with E-state index in [0.29, 0.717) is 11.4 Å². The highest BCUT2D eigenvalue weighted by Gasteiger charge is 2.27. The minimum absolute atomic E-state index is 0.139. The van der Waals surface area contributed by atoms with Gasteiger partial charge >= 0.3 is 0 Å². The number of thiocarbonyl (C=S) groups is 1. The van der Waals surface area contributed by atoms with Gasteiger partial charge in [0.25, 0.3) is 0 Å². The number of hydrogen-bond donors (Lipinski definition) is 2. The van der Waals surface area contributed by atoms with Gasteiger partial charge in [-0.25, -0.2) is 0 Å². The molecule has 0 radical (unpaired) electrons. The van der Waals surface area contributed by atoms with Gasteiger partial charge in [0.1, 0.15) is 0 Å². The minimum Gasteiger partial charge on any atom is -0.391 e. The first-order valence-corrected chi connectivity index (χ1v) is 6.52. The molecule has 1 unspecified atom stereocenters. The third-order valence-corrected chi connectivity index (χ3v) is 3.79. The Bertz CT molecular complexity index is 464. The molecule has 0 aromatic heterocycles. The maximum Gasteiger partial charge on any atom is 0.225 e. The van der Waals surface area contributed by atoms with Crippen molar-refractivity contribution in [1.82, 2.24) is 5.32 Å². The number of hydrogen-bond acceptors (Lipinski definition) is 2. The Balaban J connectivity index is 2.73. The average Bonchev–Trinajstić information content (AvgIpc) is 2.31. The monoisotopic (exact) mass is 284 g/mol. The number of carbonyl (C=O) groups is 1. The molecular weight excluding hydrogens is 268 g/mol. The van der Waals surface area contributed by atoms with Crippen LogP contribution >= 0.6 is 23.8 Å². The zero-order valence-corrected chi connectivity index (χ0v) is 12.1. The van der Waals surface area contributed by atoms with Crippen molar-refractivity contribution in [2.45, 2.75) is 32.2 Å². The Labute approximate surface area is 118 Å². The van der Waals surface area contributed by atoms with Crippen molar-refractivity contribution >= 4 is 34.7 Å². The van der Waals surface area contributed by atoms with E-state index in [1.54, 1.807) is 6.07 Å². The van der Waals surface area contributed by atoms with Crippen LogP contribution < -0.4 is 11.1 Å². The summed E-state index contributed by atoms with van der Waals surface area (Å²) in [4.78, 5) is 12.2. The molecule has 0 saturated carbocycles.